The average Bonchev–Trinajstić information content (AvgIpc) is 2.34. The maximum Gasteiger partial charge on any atom is 0.137 e. The van der Waals surface area contributed by atoms with E-state index in [-0.39, 0.29) is 6.04 Å². The normalized spacial score (nSPS) is 12.7. The second-order valence-corrected chi connectivity index (χ2v) is 4.83. The molecule has 0 aromatic carbocycles. The molecular weight excluding hydrogens is 228 g/mol. The summed E-state index contributed by atoms with van der Waals surface area (Å²) in [6.45, 7) is 12.1. The van der Waals surface area contributed by atoms with Crippen LogP contribution in [0.4, 0.5) is 4.79 Å². The van der Waals surface area contributed by atoms with Gasteiger partial charge in [-0.25, -0.2) is 0 Å². The molecule has 0 bridgehead atoms. The Morgan fingerprint density at radius 1 is 1.11 bits per heavy atom. The number of rotatable bonds is 10. The number of carboxylic acid groups (broad SMARTS) is 1. The van der Waals surface area contributed by atoms with Gasteiger partial charge in [-0.15, -0.1) is 0 Å². The molecule has 18 heavy (non-hydrogen) atoms. The van der Waals surface area contributed by atoms with E-state index in [2.05, 4.69) is 25.7 Å². The smallest absolute Gasteiger partial charge is 0.137 e. The highest BCUT2D eigenvalue weighted by atomic mass is 16.4. The highest BCUT2D eigenvalue weighted by molar-refractivity contribution is 5.62. The predicted octanol–water partition coefficient (Wildman–Crippen LogP) is 1.94. The van der Waals surface area contributed by atoms with Crippen molar-refractivity contribution < 1.29 is 9.90 Å². The number of nitrogens with zero attached hydrogens (tertiary/aromatic N) is 2. The fourth-order valence-corrected chi connectivity index (χ4v) is 2.13. The van der Waals surface area contributed by atoms with Crippen LogP contribution in [0.15, 0.2) is 0 Å². The minimum absolute atomic E-state index is 0.0668. The van der Waals surface area contributed by atoms with Crippen molar-refractivity contribution >= 4 is 6.09 Å². The largest absolute Gasteiger partial charge is 0.530 e. The van der Waals surface area contributed by atoms with Crippen molar-refractivity contribution in [1.82, 2.24) is 9.80 Å². The Labute approximate surface area is 112 Å². The van der Waals surface area contributed by atoms with Gasteiger partial charge in [-0.05, 0) is 45.8 Å². The third kappa shape index (κ3) is 6.84. The molecule has 0 aromatic heterocycles. The summed E-state index contributed by atoms with van der Waals surface area (Å²) < 4.78 is 0. The van der Waals surface area contributed by atoms with Crippen molar-refractivity contribution in [3.05, 3.63) is 0 Å². The molecule has 0 radical (unpaired) electrons. The van der Waals surface area contributed by atoms with Gasteiger partial charge in [0.25, 0.3) is 0 Å². The summed E-state index contributed by atoms with van der Waals surface area (Å²) in [5.74, 6) is 0. The van der Waals surface area contributed by atoms with Crippen LogP contribution in [-0.2, 0) is 0 Å². The van der Waals surface area contributed by atoms with Crippen LogP contribution in [0.3, 0.4) is 0 Å². The first-order valence-electron chi connectivity index (χ1n) is 7.26. The van der Waals surface area contributed by atoms with Crippen molar-refractivity contribution in [1.29, 1.82) is 0 Å². The van der Waals surface area contributed by atoms with Crippen LogP contribution < -0.4 is 5.11 Å². The Bertz CT molecular complexity index is 218. The van der Waals surface area contributed by atoms with Crippen LogP contribution in [0.5, 0.6) is 0 Å². The van der Waals surface area contributed by atoms with E-state index in [1.54, 1.807) is 0 Å². The molecular formula is C14H29N2O2-. The molecule has 0 aliphatic carbocycles. The first-order valence-corrected chi connectivity index (χ1v) is 7.26. The zero-order valence-corrected chi connectivity index (χ0v) is 12.4. The summed E-state index contributed by atoms with van der Waals surface area (Å²) >= 11 is 0. The van der Waals surface area contributed by atoms with Gasteiger partial charge in [0, 0.05) is 12.6 Å². The molecule has 0 rings (SSSR count). The lowest BCUT2D eigenvalue weighted by molar-refractivity contribution is -0.267. The van der Waals surface area contributed by atoms with E-state index in [4.69, 9.17) is 0 Å². The lowest BCUT2D eigenvalue weighted by Crippen LogP contribution is -2.47. The zero-order valence-electron chi connectivity index (χ0n) is 12.4. The Morgan fingerprint density at radius 2 is 1.72 bits per heavy atom. The summed E-state index contributed by atoms with van der Waals surface area (Å²) in [5, 5.41) is 11.1. The fraction of sp³-hybridized carbons (Fsp3) is 0.929. The quantitative estimate of drug-likeness (QED) is 0.601. The number of hydrogen-bond acceptors (Lipinski definition) is 3. The molecule has 0 aliphatic heterocycles. The van der Waals surface area contributed by atoms with Gasteiger partial charge >= 0.3 is 0 Å². The van der Waals surface area contributed by atoms with Gasteiger partial charge < -0.3 is 19.7 Å². The topological polar surface area (TPSA) is 46.6 Å². The third-order valence-electron chi connectivity index (χ3n) is 3.51. The summed E-state index contributed by atoms with van der Waals surface area (Å²) in [4.78, 5) is 14.9. The maximum absolute atomic E-state index is 11.1. The van der Waals surface area contributed by atoms with Gasteiger partial charge in [0.05, 0.1) is 0 Å². The minimum atomic E-state index is -1.03. The SMILES string of the molecule is CCCCN(C(=O)[O-])C(C)CCCN(CC)CC. The molecule has 1 unspecified atom stereocenters. The van der Waals surface area contributed by atoms with E-state index in [0.29, 0.717) is 6.54 Å². The summed E-state index contributed by atoms with van der Waals surface area (Å²) in [7, 11) is 0. The number of carbonyl (C=O) groups excluding carboxylic acids is 1. The van der Waals surface area contributed by atoms with Crippen LogP contribution >= 0.6 is 0 Å². The summed E-state index contributed by atoms with van der Waals surface area (Å²) in [6.07, 6.45) is 2.84. The lowest BCUT2D eigenvalue weighted by Gasteiger charge is -2.32. The Balaban J connectivity index is 4.01. The second kappa shape index (κ2) is 10.2. The molecule has 0 heterocycles. The summed E-state index contributed by atoms with van der Waals surface area (Å²) in [6, 6.07) is 0.0668. The molecule has 0 N–H and O–H groups in total. The first kappa shape index (κ1) is 17.2. The number of hydrogen-bond donors (Lipinski definition) is 0. The molecule has 4 heteroatoms. The average molecular weight is 257 g/mol. The van der Waals surface area contributed by atoms with Gasteiger partial charge in [-0.1, -0.05) is 27.2 Å². The van der Waals surface area contributed by atoms with Crippen molar-refractivity contribution in [3.63, 3.8) is 0 Å². The van der Waals surface area contributed by atoms with Gasteiger partial charge in [0.15, 0.2) is 0 Å². The minimum Gasteiger partial charge on any atom is -0.530 e. The first-order chi connectivity index (χ1) is 8.56. The van der Waals surface area contributed by atoms with Gasteiger partial charge in [0.2, 0.25) is 0 Å². The Hall–Kier alpha value is -0.770. The molecule has 4 nitrogen and oxygen atoms in total. The second-order valence-electron chi connectivity index (χ2n) is 4.83. The lowest BCUT2D eigenvalue weighted by atomic mass is 10.1. The molecule has 0 aliphatic rings. The molecule has 108 valence electrons. The van der Waals surface area contributed by atoms with Crippen LogP contribution in [0.25, 0.3) is 0 Å². The zero-order chi connectivity index (χ0) is 14.0. The van der Waals surface area contributed by atoms with E-state index in [1.807, 2.05) is 6.92 Å². The van der Waals surface area contributed by atoms with Crippen LogP contribution in [-0.4, -0.2) is 48.1 Å². The van der Waals surface area contributed by atoms with Crippen LogP contribution in [0.1, 0.15) is 53.4 Å². The molecule has 1 atom stereocenters. The van der Waals surface area contributed by atoms with Gasteiger partial charge in [-0.3, -0.25) is 0 Å². The molecule has 0 saturated carbocycles. The number of unbranched alkanes of at least 4 members (excludes halogenated alkanes) is 1. The van der Waals surface area contributed by atoms with Gasteiger partial charge in [0.1, 0.15) is 6.09 Å². The Morgan fingerprint density at radius 3 is 2.17 bits per heavy atom. The molecule has 0 fully saturated rings. The van der Waals surface area contributed by atoms with Crippen molar-refractivity contribution in [2.24, 2.45) is 0 Å². The monoisotopic (exact) mass is 257 g/mol. The molecule has 1 amide bonds. The van der Waals surface area contributed by atoms with E-state index in [9.17, 15) is 9.90 Å². The van der Waals surface area contributed by atoms with Crippen molar-refractivity contribution in [2.45, 2.75) is 59.4 Å². The third-order valence-corrected chi connectivity index (χ3v) is 3.51. The highest BCUT2D eigenvalue weighted by Crippen LogP contribution is 2.08. The van der Waals surface area contributed by atoms with Gasteiger partial charge in [-0.2, -0.15) is 0 Å². The van der Waals surface area contributed by atoms with Crippen LogP contribution in [0, 0.1) is 0 Å². The Kier molecular flexibility index (Phi) is 9.74. The number of amides is 1. The predicted molar refractivity (Wildman–Crippen MR) is 73.5 cm³/mol. The fourth-order valence-electron chi connectivity index (χ4n) is 2.13. The number of carbonyl (C=O) groups is 1. The van der Waals surface area contributed by atoms with E-state index >= 15 is 0 Å². The maximum atomic E-state index is 11.1. The van der Waals surface area contributed by atoms with Crippen LogP contribution in [0.2, 0.25) is 0 Å². The molecule has 0 saturated heterocycles. The van der Waals surface area contributed by atoms with E-state index in [0.717, 1.165) is 45.3 Å². The highest BCUT2D eigenvalue weighted by Gasteiger charge is 2.13. The molecule has 0 aromatic rings. The standard InChI is InChI=1S/C14H30N2O2/c1-5-8-12-16(14(17)18)13(4)10-9-11-15(6-2)7-3/h13H,5-12H2,1-4H3,(H,17,18)/p-1. The van der Waals surface area contributed by atoms with E-state index in [1.165, 1.54) is 4.90 Å². The summed E-state index contributed by atoms with van der Waals surface area (Å²) in [5.41, 5.74) is 0. The molecule has 0 spiro atoms. The van der Waals surface area contributed by atoms with Crippen molar-refractivity contribution in [3.8, 4) is 0 Å². The van der Waals surface area contributed by atoms with E-state index < -0.39 is 6.09 Å². The van der Waals surface area contributed by atoms with Crippen molar-refractivity contribution in [2.75, 3.05) is 26.2 Å².